The minimum absolute atomic E-state index is 0.0401. The lowest BCUT2D eigenvalue weighted by Gasteiger charge is -2.40. The fourth-order valence-corrected chi connectivity index (χ4v) is 2.97. The van der Waals surface area contributed by atoms with Crippen molar-refractivity contribution < 1.29 is 14.3 Å². The zero-order chi connectivity index (χ0) is 15.5. The normalized spacial score (nSPS) is 23.0. The summed E-state index contributed by atoms with van der Waals surface area (Å²) < 4.78 is 11.0. The van der Waals surface area contributed by atoms with Gasteiger partial charge in [-0.15, -0.1) is 0 Å². The molecular weight excluding hydrogens is 280 g/mol. The van der Waals surface area contributed by atoms with E-state index in [1.807, 2.05) is 23.1 Å². The van der Waals surface area contributed by atoms with Gasteiger partial charge in [-0.05, 0) is 19.5 Å². The predicted octanol–water partition coefficient (Wildman–Crippen LogP) is 1.78. The second kappa shape index (κ2) is 6.40. The molecule has 1 fully saturated rings. The number of benzene rings is 1. The van der Waals surface area contributed by atoms with Crippen LogP contribution in [-0.4, -0.2) is 55.6 Å². The molecule has 0 aliphatic carbocycles. The molecular formula is C17H22N2O3. The number of likely N-dealkylation sites (N-methyl/N-ethyl adjacent to an activating group) is 1. The molecule has 2 aliphatic heterocycles. The monoisotopic (exact) mass is 302 g/mol. The largest absolute Gasteiger partial charge is 0.491 e. The van der Waals surface area contributed by atoms with Crippen LogP contribution in [0, 0.1) is 0 Å². The number of hydrogen-bond acceptors (Lipinski definition) is 4. The number of allylic oxidation sites excluding steroid dienone is 1. The van der Waals surface area contributed by atoms with E-state index >= 15 is 0 Å². The second-order valence-corrected chi connectivity index (χ2v) is 5.77. The Bertz CT molecular complexity index is 571. The predicted molar refractivity (Wildman–Crippen MR) is 83.0 cm³/mol. The number of amides is 1. The average molecular weight is 302 g/mol. The van der Waals surface area contributed by atoms with E-state index in [0.29, 0.717) is 31.3 Å². The number of rotatable bonds is 2. The van der Waals surface area contributed by atoms with Crippen LogP contribution in [0.15, 0.2) is 41.9 Å². The van der Waals surface area contributed by atoms with Crippen LogP contribution in [0.5, 0.6) is 0 Å². The Kier molecular flexibility index (Phi) is 4.34. The first kappa shape index (κ1) is 14.9. The van der Waals surface area contributed by atoms with Gasteiger partial charge >= 0.3 is 0 Å². The fourth-order valence-electron chi connectivity index (χ4n) is 2.97. The summed E-state index contributed by atoms with van der Waals surface area (Å²) in [5, 5.41) is 0. The SMILES string of the molecule is CC1=C(C(=O)N2CCN(C)CC2c2ccccc2)OCCO1. The summed E-state index contributed by atoms with van der Waals surface area (Å²) in [6, 6.07) is 10.2. The lowest BCUT2D eigenvalue weighted by Crippen LogP contribution is -2.50. The van der Waals surface area contributed by atoms with Crippen molar-refractivity contribution in [3.8, 4) is 0 Å². The summed E-state index contributed by atoms with van der Waals surface area (Å²) in [4.78, 5) is 17.1. The Balaban J connectivity index is 1.88. The maximum atomic E-state index is 12.9. The maximum absolute atomic E-state index is 12.9. The summed E-state index contributed by atoms with van der Waals surface area (Å²) in [5.74, 6) is 0.873. The van der Waals surface area contributed by atoms with E-state index in [2.05, 4.69) is 24.1 Å². The molecule has 1 aromatic carbocycles. The smallest absolute Gasteiger partial charge is 0.293 e. The topological polar surface area (TPSA) is 42.0 Å². The first-order chi connectivity index (χ1) is 10.7. The quantitative estimate of drug-likeness (QED) is 0.835. The van der Waals surface area contributed by atoms with Crippen molar-refractivity contribution >= 4 is 5.91 Å². The van der Waals surface area contributed by atoms with E-state index in [1.54, 1.807) is 6.92 Å². The van der Waals surface area contributed by atoms with Gasteiger partial charge in [0.1, 0.15) is 19.0 Å². The van der Waals surface area contributed by atoms with Crippen LogP contribution < -0.4 is 0 Å². The molecule has 0 aromatic heterocycles. The third kappa shape index (κ3) is 2.95. The lowest BCUT2D eigenvalue weighted by molar-refractivity contribution is -0.137. The van der Waals surface area contributed by atoms with Gasteiger partial charge in [0.05, 0.1) is 6.04 Å². The highest BCUT2D eigenvalue weighted by molar-refractivity contribution is 5.92. The number of ether oxygens (including phenoxy) is 2. The molecule has 1 aromatic rings. The summed E-state index contributed by atoms with van der Waals surface area (Å²) in [7, 11) is 2.09. The van der Waals surface area contributed by atoms with E-state index in [0.717, 1.165) is 18.7 Å². The first-order valence-electron chi connectivity index (χ1n) is 7.68. The van der Waals surface area contributed by atoms with Crippen LogP contribution in [0.4, 0.5) is 0 Å². The van der Waals surface area contributed by atoms with Gasteiger partial charge in [-0.3, -0.25) is 4.79 Å². The van der Waals surface area contributed by atoms with Gasteiger partial charge in [-0.2, -0.15) is 0 Å². The highest BCUT2D eigenvalue weighted by atomic mass is 16.6. The second-order valence-electron chi connectivity index (χ2n) is 5.77. The van der Waals surface area contributed by atoms with E-state index in [9.17, 15) is 4.79 Å². The standard InChI is InChI=1S/C17H22N2O3/c1-13-16(22-11-10-21-13)17(20)19-9-8-18(2)12-15(19)14-6-4-3-5-7-14/h3-7,15H,8-12H2,1-2H3. The van der Waals surface area contributed by atoms with Gasteiger partial charge in [0.2, 0.25) is 5.76 Å². The van der Waals surface area contributed by atoms with Crippen LogP contribution >= 0.6 is 0 Å². The van der Waals surface area contributed by atoms with E-state index in [4.69, 9.17) is 9.47 Å². The molecule has 2 heterocycles. The summed E-state index contributed by atoms with van der Waals surface area (Å²) in [6.07, 6.45) is 0. The average Bonchev–Trinajstić information content (AvgIpc) is 2.55. The van der Waals surface area contributed by atoms with Crippen LogP contribution in [0.25, 0.3) is 0 Å². The third-order valence-corrected chi connectivity index (χ3v) is 4.19. The van der Waals surface area contributed by atoms with Crippen molar-refractivity contribution in [3.05, 3.63) is 47.4 Å². The number of carbonyl (C=O) groups is 1. The molecule has 0 spiro atoms. The van der Waals surface area contributed by atoms with Gasteiger partial charge in [0, 0.05) is 19.6 Å². The molecule has 22 heavy (non-hydrogen) atoms. The molecule has 1 atom stereocenters. The molecule has 1 amide bonds. The summed E-state index contributed by atoms with van der Waals surface area (Å²) >= 11 is 0. The number of piperazine rings is 1. The Hall–Kier alpha value is -2.01. The minimum Gasteiger partial charge on any atom is -0.491 e. The number of hydrogen-bond donors (Lipinski definition) is 0. The molecule has 118 valence electrons. The first-order valence-corrected chi connectivity index (χ1v) is 7.68. The molecule has 0 saturated carbocycles. The summed E-state index contributed by atoms with van der Waals surface area (Å²) in [5.41, 5.74) is 1.15. The van der Waals surface area contributed by atoms with Gasteiger partial charge in [-0.1, -0.05) is 30.3 Å². The molecule has 1 unspecified atom stereocenters. The highest BCUT2D eigenvalue weighted by Gasteiger charge is 2.34. The fraction of sp³-hybridized carbons (Fsp3) is 0.471. The molecule has 5 nitrogen and oxygen atoms in total. The molecule has 5 heteroatoms. The van der Waals surface area contributed by atoms with Crippen LogP contribution in [0.3, 0.4) is 0 Å². The zero-order valence-electron chi connectivity index (χ0n) is 13.1. The van der Waals surface area contributed by atoms with Crippen molar-refractivity contribution in [2.45, 2.75) is 13.0 Å². The molecule has 0 radical (unpaired) electrons. The maximum Gasteiger partial charge on any atom is 0.293 e. The molecule has 3 rings (SSSR count). The summed E-state index contributed by atoms with van der Waals surface area (Å²) in [6.45, 7) is 5.11. The molecule has 0 bridgehead atoms. The Morgan fingerprint density at radius 1 is 1.14 bits per heavy atom. The van der Waals surface area contributed by atoms with Crippen molar-refractivity contribution in [2.24, 2.45) is 0 Å². The lowest BCUT2D eigenvalue weighted by atomic mass is 10.0. The molecule has 1 saturated heterocycles. The van der Waals surface area contributed by atoms with E-state index in [-0.39, 0.29) is 11.9 Å². The van der Waals surface area contributed by atoms with Gasteiger partial charge in [-0.25, -0.2) is 0 Å². The van der Waals surface area contributed by atoms with Gasteiger partial charge in [0.25, 0.3) is 5.91 Å². The van der Waals surface area contributed by atoms with Crippen LogP contribution in [0.2, 0.25) is 0 Å². The van der Waals surface area contributed by atoms with Crippen LogP contribution in [-0.2, 0) is 14.3 Å². The number of carbonyl (C=O) groups excluding carboxylic acids is 1. The zero-order valence-corrected chi connectivity index (χ0v) is 13.1. The molecule has 0 N–H and O–H groups in total. The highest BCUT2D eigenvalue weighted by Crippen LogP contribution is 2.28. The Morgan fingerprint density at radius 3 is 2.59 bits per heavy atom. The van der Waals surface area contributed by atoms with Crippen molar-refractivity contribution in [1.29, 1.82) is 0 Å². The van der Waals surface area contributed by atoms with Crippen molar-refractivity contribution in [3.63, 3.8) is 0 Å². The minimum atomic E-state index is -0.0702. The van der Waals surface area contributed by atoms with Gasteiger partial charge in [0.15, 0.2) is 0 Å². The molecule has 2 aliphatic rings. The third-order valence-electron chi connectivity index (χ3n) is 4.19. The van der Waals surface area contributed by atoms with E-state index in [1.165, 1.54) is 0 Å². The van der Waals surface area contributed by atoms with Crippen molar-refractivity contribution in [1.82, 2.24) is 9.80 Å². The van der Waals surface area contributed by atoms with Gasteiger partial charge < -0.3 is 19.3 Å². The Labute approximate surface area is 131 Å². The Morgan fingerprint density at radius 2 is 1.86 bits per heavy atom. The van der Waals surface area contributed by atoms with E-state index < -0.39 is 0 Å². The van der Waals surface area contributed by atoms with Crippen LogP contribution in [0.1, 0.15) is 18.5 Å². The van der Waals surface area contributed by atoms with Crippen molar-refractivity contribution in [2.75, 3.05) is 39.9 Å². The number of nitrogens with zero attached hydrogens (tertiary/aromatic N) is 2.